The number of hydrogen-bond donors (Lipinski definition) is 3. The number of nitrogens with two attached hydrogens (primary N) is 1. The number of benzene rings is 1. The van der Waals surface area contributed by atoms with Gasteiger partial charge in [-0.15, -0.1) is 0 Å². The predicted octanol–water partition coefficient (Wildman–Crippen LogP) is 4.08. The summed E-state index contributed by atoms with van der Waals surface area (Å²) in [5.74, 6) is -2.30. The van der Waals surface area contributed by atoms with E-state index in [0.717, 1.165) is 38.2 Å². The van der Waals surface area contributed by atoms with Gasteiger partial charge in [0.25, 0.3) is 5.91 Å². The summed E-state index contributed by atoms with van der Waals surface area (Å²) in [5.41, 5.74) is 5.09. The van der Waals surface area contributed by atoms with Crippen molar-refractivity contribution in [2.45, 2.75) is 82.0 Å². The Morgan fingerprint density at radius 3 is 2.37 bits per heavy atom. The third kappa shape index (κ3) is 6.42. The van der Waals surface area contributed by atoms with Crippen molar-refractivity contribution in [1.29, 1.82) is 0 Å². The van der Waals surface area contributed by atoms with Crippen molar-refractivity contribution in [3.8, 4) is 11.3 Å². The van der Waals surface area contributed by atoms with Gasteiger partial charge in [-0.2, -0.15) is 18.3 Å². The number of carbonyl (C=O) groups is 3. The summed E-state index contributed by atoms with van der Waals surface area (Å²) in [4.78, 5) is 38.4. The van der Waals surface area contributed by atoms with Crippen LogP contribution in [0.3, 0.4) is 0 Å². The van der Waals surface area contributed by atoms with Crippen molar-refractivity contribution in [2.75, 3.05) is 19.8 Å². The molecule has 0 bridgehead atoms. The number of nitrogens with zero attached hydrogens (tertiary/aromatic N) is 2. The molecule has 5 rings (SSSR count). The highest BCUT2D eigenvalue weighted by molar-refractivity contribution is 5.95. The van der Waals surface area contributed by atoms with Gasteiger partial charge in [0.05, 0.1) is 36.4 Å². The topological polar surface area (TPSA) is 128 Å². The molecular formula is C29H36F3N5O4. The first-order valence-electron chi connectivity index (χ1n) is 14.4. The first-order valence-corrected chi connectivity index (χ1v) is 14.4. The number of hydrogen-bond acceptors (Lipinski definition) is 5. The summed E-state index contributed by atoms with van der Waals surface area (Å²) in [6.07, 6.45) is 1.38. The Labute approximate surface area is 236 Å². The normalized spacial score (nSPS) is 18.9. The molecule has 9 nitrogen and oxygen atoms in total. The average molecular weight is 576 g/mol. The number of primary amides is 1. The maximum absolute atomic E-state index is 14.3. The van der Waals surface area contributed by atoms with Crippen LogP contribution >= 0.6 is 0 Å². The van der Waals surface area contributed by atoms with Crippen LogP contribution < -0.4 is 16.4 Å². The molecule has 222 valence electrons. The number of rotatable bonds is 11. The summed E-state index contributed by atoms with van der Waals surface area (Å²) in [6, 6.07) is 5.08. The molecule has 12 heteroatoms. The standard InChI is InChI=1S/C29H36F3N5O4/c30-29(31,32)22-11-4-3-10-21(22)26-24(25(27(33)39)36-37(26)20-8-1-2-9-20)17(14-23(38)35-19-6-5-7-19)12-13-34-28(40)18-15-41-16-18/h3-4,10-11,17-20H,1-2,5-9,12-16H2,(H2,33,39)(H,34,40)(H,35,38). The number of halogens is 3. The molecule has 3 fully saturated rings. The molecule has 41 heavy (non-hydrogen) atoms. The van der Waals surface area contributed by atoms with E-state index in [1.54, 1.807) is 0 Å². The second kappa shape index (κ2) is 12.2. The number of alkyl halides is 3. The van der Waals surface area contributed by atoms with Gasteiger partial charge in [0.2, 0.25) is 11.8 Å². The van der Waals surface area contributed by atoms with E-state index in [1.807, 2.05) is 0 Å². The van der Waals surface area contributed by atoms with Crippen LogP contribution in [0.4, 0.5) is 13.2 Å². The molecule has 0 spiro atoms. The minimum atomic E-state index is -4.67. The van der Waals surface area contributed by atoms with E-state index in [9.17, 15) is 27.6 Å². The Kier molecular flexibility index (Phi) is 8.67. The molecule has 1 aromatic carbocycles. The van der Waals surface area contributed by atoms with Crippen LogP contribution in [-0.2, 0) is 20.5 Å². The van der Waals surface area contributed by atoms with E-state index >= 15 is 0 Å². The van der Waals surface area contributed by atoms with Gasteiger partial charge in [-0.1, -0.05) is 31.0 Å². The van der Waals surface area contributed by atoms with Gasteiger partial charge < -0.3 is 21.1 Å². The molecule has 1 atom stereocenters. The van der Waals surface area contributed by atoms with Gasteiger partial charge in [0.15, 0.2) is 5.69 Å². The molecule has 0 radical (unpaired) electrons. The summed E-state index contributed by atoms with van der Waals surface area (Å²) in [7, 11) is 0. The Hall–Kier alpha value is -3.41. The largest absolute Gasteiger partial charge is 0.417 e. The van der Waals surface area contributed by atoms with E-state index in [2.05, 4.69) is 15.7 Å². The zero-order chi connectivity index (χ0) is 29.1. The summed E-state index contributed by atoms with van der Waals surface area (Å²) >= 11 is 0. The van der Waals surface area contributed by atoms with Crippen LogP contribution in [0.1, 0.15) is 91.4 Å². The third-order valence-electron chi connectivity index (χ3n) is 8.45. The highest BCUT2D eigenvalue weighted by Gasteiger charge is 2.39. The van der Waals surface area contributed by atoms with Crippen LogP contribution in [0.5, 0.6) is 0 Å². The molecule has 1 aliphatic heterocycles. The number of aromatic nitrogens is 2. The van der Waals surface area contributed by atoms with Crippen molar-refractivity contribution in [2.24, 2.45) is 11.7 Å². The van der Waals surface area contributed by atoms with E-state index in [-0.39, 0.29) is 71.7 Å². The summed E-state index contributed by atoms with van der Waals surface area (Å²) in [6.45, 7) is 0.818. The molecule has 3 amide bonds. The lowest BCUT2D eigenvalue weighted by molar-refractivity contribution is -0.139. The average Bonchev–Trinajstić information content (AvgIpc) is 3.52. The molecule has 1 unspecified atom stereocenters. The Balaban J connectivity index is 1.59. The molecule has 2 aromatic rings. The first-order chi connectivity index (χ1) is 19.6. The first kappa shape index (κ1) is 29.1. The quantitative estimate of drug-likeness (QED) is 0.372. The molecule has 2 saturated carbocycles. The van der Waals surface area contributed by atoms with Gasteiger partial charge in [-0.25, -0.2) is 0 Å². The highest BCUT2D eigenvalue weighted by atomic mass is 19.4. The zero-order valence-electron chi connectivity index (χ0n) is 22.8. The number of amides is 3. The summed E-state index contributed by atoms with van der Waals surface area (Å²) < 4.78 is 49.5. The lowest BCUT2D eigenvalue weighted by Crippen LogP contribution is -2.43. The highest BCUT2D eigenvalue weighted by Crippen LogP contribution is 2.45. The second-order valence-electron chi connectivity index (χ2n) is 11.3. The minimum absolute atomic E-state index is 0.0590. The fourth-order valence-corrected chi connectivity index (χ4v) is 5.95. The van der Waals surface area contributed by atoms with Gasteiger partial charge in [0.1, 0.15) is 0 Å². The maximum atomic E-state index is 14.3. The molecule has 2 aliphatic carbocycles. The molecule has 2 heterocycles. The SMILES string of the molecule is NC(=O)c1nn(C2CCCC2)c(-c2ccccc2C(F)(F)F)c1C(CCNC(=O)C1COC1)CC(=O)NC1CCC1. The molecule has 4 N–H and O–H groups in total. The summed E-state index contributed by atoms with van der Waals surface area (Å²) in [5, 5.41) is 10.4. The molecule has 1 aromatic heterocycles. The van der Waals surface area contributed by atoms with Crippen LogP contribution in [0.25, 0.3) is 11.3 Å². The Bertz CT molecular complexity index is 1280. The smallest absolute Gasteiger partial charge is 0.380 e. The molecular weight excluding hydrogens is 539 g/mol. The van der Waals surface area contributed by atoms with Crippen LogP contribution in [0.2, 0.25) is 0 Å². The van der Waals surface area contributed by atoms with Crippen molar-refractivity contribution in [3.63, 3.8) is 0 Å². The Morgan fingerprint density at radius 1 is 1.07 bits per heavy atom. The number of ether oxygens (including phenoxy) is 1. The lowest BCUT2D eigenvalue weighted by atomic mass is 9.86. The van der Waals surface area contributed by atoms with E-state index in [1.165, 1.54) is 22.9 Å². The van der Waals surface area contributed by atoms with Crippen molar-refractivity contribution in [1.82, 2.24) is 20.4 Å². The zero-order valence-corrected chi connectivity index (χ0v) is 22.8. The monoisotopic (exact) mass is 575 g/mol. The lowest BCUT2D eigenvalue weighted by Gasteiger charge is -2.28. The Morgan fingerprint density at radius 2 is 1.78 bits per heavy atom. The van der Waals surface area contributed by atoms with Crippen LogP contribution in [0.15, 0.2) is 24.3 Å². The van der Waals surface area contributed by atoms with Crippen LogP contribution in [-0.4, -0.2) is 53.3 Å². The van der Waals surface area contributed by atoms with Crippen molar-refractivity contribution < 1.29 is 32.3 Å². The van der Waals surface area contributed by atoms with Gasteiger partial charge in [-0.05, 0) is 50.5 Å². The molecule has 3 aliphatic rings. The fraction of sp³-hybridized carbons (Fsp3) is 0.586. The third-order valence-corrected chi connectivity index (χ3v) is 8.45. The molecule has 1 saturated heterocycles. The second-order valence-corrected chi connectivity index (χ2v) is 11.3. The van der Waals surface area contributed by atoms with E-state index in [0.29, 0.717) is 26.1 Å². The van der Waals surface area contributed by atoms with Crippen molar-refractivity contribution >= 4 is 17.7 Å². The van der Waals surface area contributed by atoms with Gasteiger partial charge in [-0.3, -0.25) is 19.1 Å². The van der Waals surface area contributed by atoms with E-state index in [4.69, 9.17) is 10.5 Å². The van der Waals surface area contributed by atoms with Crippen LogP contribution in [0, 0.1) is 5.92 Å². The predicted molar refractivity (Wildman–Crippen MR) is 144 cm³/mol. The van der Waals surface area contributed by atoms with Gasteiger partial charge >= 0.3 is 6.18 Å². The van der Waals surface area contributed by atoms with Crippen molar-refractivity contribution in [3.05, 3.63) is 41.1 Å². The fourth-order valence-electron chi connectivity index (χ4n) is 5.95. The number of nitrogens with one attached hydrogen (secondary N) is 2. The maximum Gasteiger partial charge on any atom is 0.417 e. The minimum Gasteiger partial charge on any atom is -0.380 e. The van der Waals surface area contributed by atoms with Gasteiger partial charge in [0, 0.05) is 30.1 Å². The number of carbonyl (C=O) groups excluding carboxylic acids is 3. The van der Waals surface area contributed by atoms with E-state index < -0.39 is 23.6 Å².